The van der Waals surface area contributed by atoms with E-state index in [1.807, 2.05) is 13.8 Å². The molecule has 2 aliphatic heterocycles. The summed E-state index contributed by atoms with van der Waals surface area (Å²) in [5.74, 6) is -0.417. The third-order valence-electron chi connectivity index (χ3n) is 2.53. The Morgan fingerprint density at radius 3 is 2.77 bits per heavy atom. The first-order valence-electron chi connectivity index (χ1n) is 4.59. The van der Waals surface area contributed by atoms with Crippen LogP contribution in [0.2, 0.25) is 0 Å². The van der Waals surface area contributed by atoms with Crippen molar-refractivity contribution in [2.75, 3.05) is 6.54 Å². The summed E-state index contributed by atoms with van der Waals surface area (Å²) >= 11 is 0. The van der Waals surface area contributed by atoms with Gasteiger partial charge >= 0.3 is 0 Å². The van der Waals surface area contributed by atoms with E-state index in [9.17, 15) is 4.79 Å². The Bertz CT molecular complexity index is 239. The number of hydrogen-bond donors (Lipinski definition) is 1. The molecule has 0 aliphatic carbocycles. The quantitative estimate of drug-likeness (QED) is 0.628. The van der Waals surface area contributed by atoms with E-state index in [1.54, 1.807) is 6.92 Å². The topological polar surface area (TPSA) is 47.6 Å². The molecule has 0 radical (unpaired) electrons. The van der Waals surface area contributed by atoms with Crippen molar-refractivity contribution in [2.24, 2.45) is 0 Å². The van der Waals surface area contributed by atoms with Crippen molar-refractivity contribution < 1.29 is 14.3 Å². The number of carbonyl (C=O) groups excluding carboxylic acids is 1. The van der Waals surface area contributed by atoms with E-state index < -0.39 is 5.79 Å². The van der Waals surface area contributed by atoms with E-state index in [1.165, 1.54) is 0 Å². The highest BCUT2D eigenvalue weighted by Gasteiger charge is 2.50. The van der Waals surface area contributed by atoms with Crippen molar-refractivity contribution in [3.8, 4) is 0 Å². The van der Waals surface area contributed by atoms with Gasteiger partial charge in [-0.25, -0.2) is 0 Å². The smallest absolute Gasteiger partial charge is 0.163 e. The van der Waals surface area contributed by atoms with Gasteiger partial charge < -0.3 is 14.8 Å². The van der Waals surface area contributed by atoms with Gasteiger partial charge in [0.25, 0.3) is 0 Å². The summed E-state index contributed by atoms with van der Waals surface area (Å²) in [6.07, 6.45) is -0.0728. The van der Waals surface area contributed by atoms with Gasteiger partial charge in [0, 0.05) is 6.54 Å². The first-order chi connectivity index (χ1) is 5.99. The van der Waals surface area contributed by atoms with Crippen LogP contribution in [0.25, 0.3) is 0 Å². The van der Waals surface area contributed by atoms with Crippen molar-refractivity contribution in [1.82, 2.24) is 5.32 Å². The molecule has 2 aliphatic rings. The van der Waals surface area contributed by atoms with Gasteiger partial charge in [-0.1, -0.05) is 0 Å². The van der Waals surface area contributed by atoms with Gasteiger partial charge in [-0.05, 0) is 20.8 Å². The fraction of sp³-hybridized carbons (Fsp3) is 0.889. The predicted octanol–water partition coefficient (Wildman–Crippen LogP) is 0.0673. The van der Waals surface area contributed by atoms with Gasteiger partial charge in [-0.3, -0.25) is 4.79 Å². The van der Waals surface area contributed by atoms with Crippen LogP contribution in [0.5, 0.6) is 0 Å². The van der Waals surface area contributed by atoms with E-state index in [0.29, 0.717) is 6.54 Å². The molecule has 3 atom stereocenters. The minimum atomic E-state index is -0.537. The number of ketones is 1. The molecule has 2 rings (SSSR count). The highest BCUT2D eigenvalue weighted by atomic mass is 16.8. The highest BCUT2D eigenvalue weighted by Crippen LogP contribution is 2.32. The fourth-order valence-electron chi connectivity index (χ4n) is 2.04. The third kappa shape index (κ3) is 1.49. The summed E-state index contributed by atoms with van der Waals surface area (Å²) in [5, 5.41) is 3.10. The van der Waals surface area contributed by atoms with Gasteiger partial charge in [0.1, 0.15) is 18.0 Å². The Kier molecular flexibility index (Phi) is 1.94. The van der Waals surface area contributed by atoms with Crippen molar-refractivity contribution >= 4 is 5.78 Å². The second-order valence-corrected chi connectivity index (χ2v) is 4.14. The van der Waals surface area contributed by atoms with Gasteiger partial charge in [0.15, 0.2) is 5.79 Å². The zero-order chi connectivity index (χ0) is 9.64. The molecule has 0 unspecified atom stereocenters. The Balaban J connectivity index is 2.12. The molecule has 4 nitrogen and oxygen atoms in total. The molecule has 13 heavy (non-hydrogen) atoms. The maximum absolute atomic E-state index is 11.2. The average Bonchev–Trinajstić information content (AvgIpc) is 2.41. The Hall–Kier alpha value is -0.450. The molecule has 0 amide bonds. The number of ether oxygens (including phenoxy) is 2. The summed E-state index contributed by atoms with van der Waals surface area (Å²) < 4.78 is 11.3. The van der Waals surface area contributed by atoms with Crippen LogP contribution < -0.4 is 5.32 Å². The summed E-state index contributed by atoms with van der Waals surface area (Å²) in [7, 11) is 0. The maximum Gasteiger partial charge on any atom is 0.163 e. The van der Waals surface area contributed by atoms with Crippen LogP contribution in [0.15, 0.2) is 0 Å². The second kappa shape index (κ2) is 2.77. The van der Waals surface area contributed by atoms with E-state index in [0.717, 1.165) is 0 Å². The average molecular weight is 185 g/mol. The number of carbonyl (C=O) groups is 1. The molecule has 4 heteroatoms. The minimum Gasteiger partial charge on any atom is -0.343 e. The molecule has 0 spiro atoms. The Morgan fingerprint density at radius 1 is 1.46 bits per heavy atom. The molecule has 0 aromatic heterocycles. The molecule has 74 valence electrons. The molecule has 0 aromatic rings. The molecular formula is C9H15NO3. The summed E-state index contributed by atoms with van der Waals surface area (Å²) in [5.41, 5.74) is 0. The lowest BCUT2D eigenvalue weighted by molar-refractivity contribution is -0.154. The van der Waals surface area contributed by atoms with E-state index >= 15 is 0 Å². The molecule has 2 saturated heterocycles. The van der Waals surface area contributed by atoms with Crippen molar-refractivity contribution in [1.29, 1.82) is 0 Å². The SMILES string of the molecule is CC(=O)[C@H]1NC[C@@H]2OC(C)(C)O[C@@H]21. The molecule has 0 bridgehead atoms. The predicted molar refractivity (Wildman–Crippen MR) is 46.3 cm³/mol. The normalized spacial score (nSPS) is 41.9. The number of fused-ring (bicyclic) bond motifs is 1. The Morgan fingerprint density at radius 2 is 2.15 bits per heavy atom. The van der Waals surface area contributed by atoms with Crippen LogP contribution in [0.4, 0.5) is 0 Å². The molecule has 2 fully saturated rings. The summed E-state index contributed by atoms with van der Waals surface area (Å²) in [6, 6.07) is -0.188. The van der Waals surface area contributed by atoms with Gasteiger partial charge in [0.05, 0.1) is 6.04 Å². The van der Waals surface area contributed by atoms with E-state index in [4.69, 9.17) is 9.47 Å². The number of rotatable bonds is 1. The van der Waals surface area contributed by atoms with Gasteiger partial charge in [0.2, 0.25) is 0 Å². The molecule has 0 saturated carbocycles. The number of nitrogens with one attached hydrogen (secondary N) is 1. The Labute approximate surface area is 77.6 Å². The van der Waals surface area contributed by atoms with E-state index in [2.05, 4.69) is 5.32 Å². The molecular weight excluding hydrogens is 170 g/mol. The molecule has 1 N–H and O–H groups in total. The van der Waals surface area contributed by atoms with Gasteiger partial charge in [-0.2, -0.15) is 0 Å². The number of hydrogen-bond acceptors (Lipinski definition) is 4. The van der Waals surface area contributed by atoms with Crippen LogP contribution in [-0.2, 0) is 14.3 Å². The molecule has 2 heterocycles. The van der Waals surface area contributed by atoms with Crippen LogP contribution >= 0.6 is 0 Å². The second-order valence-electron chi connectivity index (χ2n) is 4.14. The third-order valence-corrected chi connectivity index (χ3v) is 2.53. The molecule has 0 aromatic carbocycles. The first-order valence-corrected chi connectivity index (χ1v) is 4.59. The zero-order valence-corrected chi connectivity index (χ0v) is 8.16. The largest absolute Gasteiger partial charge is 0.343 e. The number of Topliss-reactive ketones (excluding diaryl/α,β-unsaturated/α-hetero) is 1. The standard InChI is InChI=1S/C9H15NO3/c1-5(11)7-8-6(4-10-7)12-9(2,3)13-8/h6-8,10H,4H2,1-3H3/t6-,7+,8-/m0/s1. The fourth-order valence-corrected chi connectivity index (χ4v) is 2.04. The minimum absolute atomic E-state index is 0.0314. The lowest BCUT2D eigenvalue weighted by atomic mass is 10.1. The zero-order valence-electron chi connectivity index (χ0n) is 8.16. The lowest BCUT2D eigenvalue weighted by Gasteiger charge is -2.20. The highest BCUT2D eigenvalue weighted by molar-refractivity contribution is 5.82. The van der Waals surface area contributed by atoms with Crippen LogP contribution in [-0.4, -0.2) is 36.4 Å². The van der Waals surface area contributed by atoms with Crippen LogP contribution in [0.3, 0.4) is 0 Å². The van der Waals surface area contributed by atoms with Crippen molar-refractivity contribution in [3.05, 3.63) is 0 Å². The summed E-state index contributed by atoms with van der Waals surface area (Å²) in [6.45, 7) is 6.04. The lowest BCUT2D eigenvalue weighted by Crippen LogP contribution is -2.40. The first kappa shape index (κ1) is 9.12. The monoisotopic (exact) mass is 185 g/mol. The van der Waals surface area contributed by atoms with Crippen LogP contribution in [0.1, 0.15) is 20.8 Å². The van der Waals surface area contributed by atoms with E-state index in [-0.39, 0.29) is 24.0 Å². The van der Waals surface area contributed by atoms with Crippen molar-refractivity contribution in [2.45, 2.75) is 44.8 Å². The van der Waals surface area contributed by atoms with Crippen LogP contribution in [0, 0.1) is 0 Å². The van der Waals surface area contributed by atoms with Crippen molar-refractivity contribution in [3.63, 3.8) is 0 Å². The summed E-state index contributed by atoms with van der Waals surface area (Å²) in [4.78, 5) is 11.2. The maximum atomic E-state index is 11.2. The van der Waals surface area contributed by atoms with Gasteiger partial charge in [-0.15, -0.1) is 0 Å².